The van der Waals surface area contributed by atoms with Gasteiger partial charge in [0, 0.05) is 6.42 Å². The van der Waals surface area contributed by atoms with Gasteiger partial charge < -0.3 is 4.89 Å². The van der Waals surface area contributed by atoms with Gasteiger partial charge in [0.2, 0.25) is 0 Å². The zero-order valence-corrected chi connectivity index (χ0v) is 11.0. The molecule has 0 spiro atoms. The fourth-order valence-electron chi connectivity index (χ4n) is 1.28. The Morgan fingerprint density at radius 1 is 1.22 bits per heavy atom. The first kappa shape index (κ1) is 14.9. The molecular weight excluding hydrogens is 251 g/mol. The highest BCUT2D eigenvalue weighted by molar-refractivity contribution is 7.47. The van der Waals surface area contributed by atoms with Gasteiger partial charge in [-0.15, -0.1) is 12.3 Å². The highest BCUT2D eigenvalue weighted by atomic mass is 31.2. The van der Waals surface area contributed by atoms with Crippen molar-refractivity contribution in [1.29, 1.82) is 0 Å². The Labute approximate surface area is 108 Å². The number of phosphoric ester groups is 1. The third-order valence-electron chi connectivity index (χ3n) is 2.21. The predicted molar refractivity (Wildman–Crippen MR) is 69.7 cm³/mol. The van der Waals surface area contributed by atoms with Crippen LogP contribution in [0.2, 0.25) is 0 Å². The quantitative estimate of drug-likeness (QED) is 0.447. The third-order valence-corrected chi connectivity index (χ3v) is 3.17. The largest absolute Gasteiger partial charge is 0.472 e. The van der Waals surface area contributed by atoms with E-state index in [1.807, 2.05) is 30.3 Å². The van der Waals surface area contributed by atoms with Crippen LogP contribution in [0.3, 0.4) is 0 Å². The van der Waals surface area contributed by atoms with E-state index in [9.17, 15) is 9.46 Å². The molecule has 0 heterocycles. The van der Waals surface area contributed by atoms with Gasteiger partial charge in [0.1, 0.15) is 0 Å². The molecule has 4 nitrogen and oxygen atoms in total. The van der Waals surface area contributed by atoms with Crippen LogP contribution in [-0.4, -0.2) is 11.5 Å². The van der Waals surface area contributed by atoms with Crippen LogP contribution < -0.4 is 0 Å². The van der Waals surface area contributed by atoms with Crippen molar-refractivity contribution < 1.29 is 18.5 Å². The molecule has 0 saturated heterocycles. The highest BCUT2D eigenvalue weighted by Crippen LogP contribution is 2.44. The number of benzene rings is 1. The van der Waals surface area contributed by atoms with E-state index in [1.165, 1.54) is 0 Å². The molecule has 5 heteroatoms. The Hall–Kier alpha value is -1.11. The van der Waals surface area contributed by atoms with Crippen molar-refractivity contribution in [3.05, 3.63) is 35.9 Å². The van der Waals surface area contributed by atoms with E-state index in [0.717, 1.165) is 12.0 Å². The third kappa shape index (κ3) is 6.58. The molecule has 18 heavy (non-hydrogen) atoms. The van der Waals surface area contributed by atoms with E-state index in [4.69, 9.17) is 15.5 Å². The molecule has 0 fully saturated rings. The van der Waals surface area contributed by atoms with Crippen molar-refractivity contribution in [2.75, 3.05) is 6.61 Å². The standard InChI is InChI=1S/C13H17O4P/c1-2-3-4-8-11-16-18(14,15)17-12-13-9-6-5-7-10-13/h1,5-7,9-10H,3-4,8,11-12H2,(H,14,15). The number of terminal acetylenes is 1. The van der Waals surface area contributed by atoms with Crippen molar-refractivity contribution >= 4 is 7.82 Å². The predicted octanol–water partition coefficient (Wildman–Crippen LogP) is 3.12. The maximum atomic E-state index is 11.5. The summed E-state index contributed by atoms with van der Waals surface area (Å²) in [5, 5.41) is 0. The van der Waals surface area contributed by atoms with Crippen molar-refractivity contribution in [1.82, 2.24) is 0 Å². The highest BCUT2D eigenvalue weighted by Gasteiger charge is 2.20. The van der Waals surface area contributed by atoms with E-state index < -0.39 is 7.82 Å². The normalized spacial score (nSPS) is 13.8. The minimum Gasteiger partial charge on any atom is -0.302 e. The maximum absolute atomic E-state index is 11.5. The van der Waals surface area contributed by atoms with Gasteiger partial charge in [-0.05, 0) is 18.4 Å². The van der Waals surface area contributed by atoms with E-state index >= 15 is 0 Å². The summed E-state index contributed by atoms with van der Waals surface area (Å²) in [4.78, 5) is 9.40. The molecule has 0 aromatic heterocycles. The van der Waals surface area contributed by atoms with Crippen LogP contribution in [-0.2, 0) is 20.2 Å². The van der Waals surface area contributed by atoms with Gasteiger partial charge in [-0.1, -0.05) is 30.3 Å². The van der Waals surface area contributed by atoms with Gasteiger partial charge >= 0.3 is 7.82 Å². The summed E-state index contributed by atoms with van der Waals surface area (Å²) in [7, 11) is -3.96. The summed E-state index contributed by atoms with van der Waals surface area (Å²) < 4.78 is 21.2. The van der Waals surface area contributed by atoms with Crippen molar-refractivity contribution in [3.63, 3.8) is 0 Å². The van der Waals surface area contributed by atoms with Crippen LogP contribution in [0.1, 0.15) is 24.8 Å². The lowest BCUT2D eigenvalue weighted by molar-refractivity contribution is 0.141. The summed E-state index contributed by atoms with van der Waals surface area (Å²) in [6.07, 6.45) is 7.15. The molecule has 0 aliphatic rings. The monoisotopic (exact) mass is 268 g/mol. The molecule has 1 aromatic carbocycles. The molecule has 1 N–H and O–H groups in total. The average Bonchev–Trinajstić information content (AvgIpc) is 2.38. The Kier molecular flexibility index (Phi) is 6.70. The zero-order valence-electron chi connectivity index (χ0n) is 10.1. The zero-order chi connectivity index (χ0) is 13.3. The van der Waals surface area contributed by atoms with Crippen LogP contribution >= 0.6 is 7.82 Å². The maximum Gasteiger partial charge on any atom is 0.472 e. The first-order chi connectivity index (χ1) is 8.64. The van der Waals surface area contributed by atoms with Gasteiger partial charge in [0.05, 0.1) is 13.2 Å². The number of rotatable bonds is 8. The Morgan fingerprint density at radius 2 is 1.94 bits per heavy atom. The fraction of sp³-hybridized carbons (Fsp3) is 0.385. The second kappa shape index (κ2) is 8.07. The minimum atomic E-state index is -3.96. The van der Waals surface area contributed by atoms with Gasteiger partial charge in [-0.3, -0.25) is 9.05 Å². The van der Waals surface area contributed by atoms with Crippen molar-refractivity contribution in [2.45, 2.75) is 25.9 Å². The molecule has 0 saturated carbocycles. The van der Waals surface area contributed by atoms with E-state index in [0.29, 0.717) is 12.8 Å². The van der Waals surface area contributed by atoms with Crippen molar-refractivity contribution in [2.24, 2.45) is 0 Å². The van der Waals surface area contributed by atoms with Crippen LogP contribution in [0.5, 0.6) is 0 Å². The Bertz CT molecular complexity index is 424. The van der Waals surface area contributed by atoms with Gasteiger partial charge in [-0.25, -0.2) is 4.57 Å². The summed E-state index contributed by atoms with van der Waals surface area (Å²) >= 11 is 0. The molecular formula is C13H17O4P. The molecule has 1 atom stereocenters. The second-order valence-electron chi connectivity index (χ2n) is 3.72. The average molecular weight is 268 g/mol. The minimum absolute atomic E-state index is 0.0545. The second-order valence-corrected chi connectivity index (χ2v) is 5.18. The van der Waals surface area contributed by atoms with Crippen molar-refractivity contribution in [3.8, 4) is 12.3 Å². The molecule has 0 amide bonds. The molecule has 98 valence electrons. The lowest BCUT2D eigenvalue weighted by Crippen LogP contribution is -1.97. The Balaban J connectivity index is 2.23. The van der Waals surface area contributed by atoms with Gasteiger partial charge in [-0.2, -0.15) is 0 Å². The summed E-state index contributed by atoms with van der Waals surface area (Å²) in [5.41, 5.74) is 0.822. The fourth-order valence-corrected chi connectivity index (χ4v) is 2.02. The molecule has 1 unspecified atom stereocenters. The first-order valence-corrected chi connectivity index (χ1v) is 7.23. The molecule has 0 bridgehead atoms. The molecule has 0 aliphatic carbocycles. The van der Waals surface area contributed by atoms with E-state index in [2.05, 4.69) is 5.92 Å². The summed E-state index contributed by atoms with van der Waals surface area (Å²) in [6.45, 7) is 0.225. The van der Waals surface area contributed by atoms with Crippen LogP contribution in [0.4, 0.5) is 0 Å². The first-order valence-electron chi connectivity index (χ1n) is 5.73. The lowest BCUT2D eigenvalue weighted by atomic mass is 10.2. The summed E-state index contributed by atoms with van der Waals surface area (Å²) in [6, 6.07) is 9.16. The molecule has 0 aliphatic heterocycles. The van der Waals surface area contributed by atoms with E-state index in [-0.39, 0.29) is 13.2 Å². The number of hydrogen-bond donors (Lipinski definition) is 1. The molecule has 1 aromatic rings. The van der Waals surface area contributed by atoms with Gasteiger partial charge in [0.25, 0.3) is 0 Å². The Morgan fingerprint density at radius 3 is 2.61 bits per heavy atom. The molecule has 0 radical (unpaired) electrons. The lowest BCUT2D eigenvalue weighted by Gasteiger charge is -2.11. The molecule has 1 rings (SSSR count). The summed E-state index contributed by atoms with van der Waals surface area (Å²) in [5.74, 6) is 2.49. The topological polar surface area (TPSA) is 55.8 Å². The van der Waals surface area contributed by atoms with Crippen LogP contribution in [0.25, 0.3) is 0 Å². The SMILES string of the molecule is C#CCCCCOP(=O)(O)OCc1ccccc1. The number of unbranched alkanes of at least 4 members (excludes halogenated alkanes) is 2. The van der Waals surface area contributed by atoms with Crippen LogP contribution in [0, 0.1) is 12.3 Å². The number of hydrogen-bond acceptors (Lipinski definition) is 3. The van der Waals surface area contributed by atoms with E-state index in [1.54, 1.807) is 0 Å². The van der Waals surface area contributed by atoms with Gasteiger partial charge in [0.15, 0.2) is 0 Å². The van der Waals surface area contributed by atoms with Crippen LogP contribution in [0.15, 0.2) is 30.3 Å². The number of phosphoric acid groups is 1. The smallest absolute Gasteiger partial charge is 0.302 e.